The van der Waals surface area contributed by atoms with Gasteiger partial charge in [-0.2, -0.15) is 0 Å². The first-order valence-electron chi connectivity index (χ1n) is 11.6. The zero-order valence-electron chi connectivity index (χ0n) is 19.0. The Kier molecular flexibility index (Phi) is 5.23. The zero-order chi connectivity index (χ0) is 21.7. The number of hydrogen-bond donors (Lipinski definition) is 0. The number of Topliss-reactive ketones (excluding diaryl/α,β-unsaturated/α-hetero) is 1. The number of benzene rings is 1. The Morgan fingerprint density at radius 2 is 1.90 bits per heavy atom. The van der Waals surface area contributed by atoms with Gasteiger partial charge in [0.05, 0.1) is 0 Å². The maximum absolute atomic E-state index is 13.6. The van der Waals surface area contributed by atoms with Gasteiger partial charge >= 0.3 is 5.97 Å². The fourth-order valence-electron chi connectivity index (χ4n) is 6.40. The molecule has 3 aliphatic rings. The molecule has 0 aromatic heterocycles. The van der Waals surface area contributed by atoms with Gasteiger partial charge in [-0.3, -0.25) is 9.59 Å². The van der Waals surface area contributed by atoms with Gasteiger partial charge in [0.2, 0.25) is 0 Å². The third-order valence-corrected chi connectivity index (χ3v) is 8.65. The van der Waals surface area contributed by atoms with Crippen LogP contribution in [0.1, 0.15) is 78.2 Å². The fraction of sp³-hybridized carbons (Fsp3) is 0.630. The summed E-state index contributed by atoms with van der Waals surface area (Å²) >= 11 is 0. The highest BCUT2D eigenvalue weighted by molar-refractivity contribution is 6.05. The highest BCUT2D eigenvalue weighted by atomic mass is 16.5. The first-order chi connectivity index (χ1) is 14.1. The fourth-order valence-corrected chi connectivity index (χ4v) is 6.40. The summed E-state index contributed by atoms with van der Waals surface area (Å²) in [5.74, 6) is 0.538. The topological polar surface area (TPSA) is 43.4 Å². The van der Waals surface area contributed by atoms with Crippen LogP contribution < -0.4 is 0 Å². The Bertz CT molecular complexity index is 854. The minimum atomic E-state index is -0.994. The lowest BCUT2D eigenvalue weighted by Crippen LogP contribution is -2.48. The Labute approximate surface area is 181 Å². The molecule has 0 amide bonds. The van der Waals surface area contributed by atoms with Crippen LogP contribution in [0, 0.1) is 22.7 Å². The minimum Gasteiger partial charge on any atom is -0.461 e. The monoisotopic (exact) mass is 408 g/mol. The summed E-state index contributed by atoms with van der Waals surface area (Å²) in [5.41, 5.74) is 1.12. The number of allylic oxidation sites excluding steroid dienone is 1. The van der Waals surface area contributed by atoms with Crippen LogP contribution in [-0.2, 0) is 19.7 Å². The quantitative estimate of drug-likeness (QED) is 0.348. The average Bonchev–Trinajstić information content (AvgIpc) is 2.94. The van der Waals surface area contributed by atoms with E-state index >= 15 is 0 Å². The Morgan fingerprint density at radius 3 is 2.60 bits per heavy atom. The molecule has 0 aliphatic heterocycles. The van der Waals surface area contributed by atoms with Crippen molar-refractivity contribution in [2.45, 2.75) is 84.2 Å². The van der Waals surface area contributed by atoms with E-state index in [0.29, 0.717) is 25.2 Å². The van der Waals surface area contributed by atoms with E-state index in [1.807, 2.05) is 6.07 Å². The summed E-state index contributed by atoms with van der Waals surface area (Å²) in [6, 6.07) is 10.5. The van der Waals surface area contributed by atoms with Gasteiger partial charge in [0.1, 0.15) is 11.5 Å². The van der Waals surface area contributed by atoms with Crippen molar-refractivity contribution < 1.29 is 14.3 Å². The molecule has 30 heavy (non-hydrogen) atoms. The SMILES string of the molecule is C=C1C[C@]2(C(=O)O[C@@H]3C[C@H](C)CC[C@H]3C(C)(C)c3ccccc3)C[C@@]1(C)CCC2=O. The van der Waals surface area contributed by atoms with Crippen molar-refractivity contribution in [2.75, 3.05) is 0 Å². The molecule has 3 heteroatoms. The van der Waals surface area contributed by atoms with Gasteiger partial charge in [-0.25, -0.2) is 0 Å². The number of rotatable bonds is 4. The van der Waals surface area contributed by atoms with Gasteiger partial charge in [-0.15, -0.1) is 0 Å². The van der Waals surface area contributed by atoms with Gasteiger partial charge in [0, 0.05) is 12.3 Å². The molecule has 0 spiro atoms. The third-order valence-electron chi connectivity index (χ3n) is 8.65. The maximum Gasteiger partial charge on any atom is 0.320 e. The lowest BCUT2D eigenvalue weighted by molar-refractivity contribution is -0.173. The Balaban J connectivity index is 1.60. The van der Waals surface area contributed by atoms with Crippen LogP contribution in [-0.4, -0.2) is 17.9 Å². The number of ether oxygens (including phenoxy) is 1. The van der Waals surface area contributed by atoms with Crippen molar-refractivity contribution in [1.29, 1.82) is 0 Å². The van der Waals surface area contributed by atoms with Crippen molar-refractivity contribution in [3.05, 3.63) is 48.0 Å². The van der Waals surface area contributed by atoms with Crippen LogP contribution >= 0.6 is 0 Å². The molecule has 0 N–H and O–H groups in total. The molecule has 3 saturated carbocycles. The lowest BCUT2D eigenvalue weighted by Gasteiger charge is -2.45. The third kappa shape index (κ3) is 3.35. The van der Waals surface area contributed by atoms with Crippen LogP contribution in [0.5, 0.6) is 0 Å². The largest absolute Gasteiger partial charge is 0.461 e. The van der Waals surface area contributed by atoms with Crippen molar-refractivity contribution in [3.8, 4) is 0 Å². The van der Waals surface area contributed by atoms with E-state index in [1.54, 1.807) is 0 Å². The van der Waals surface area contributed by atoms with Gasteiger partial charge < -0.3 is 4.74 Å². The minimum absolute atomic E-state index is 0.0614. The van der Waals surface area contributed by atoms with Crippen molar-refractivity contribution in [3.63, 3.8) is 0 Å². The van der Waals surface area contributed by atoms with E-state index in [4.69, 9.17) is 4.74 Å². The summed E-state index contributed by atoms with van der Waals surface area (Å²) in [6.45, 7) is 13.2. The number of hydrogen-bond acceptors (Lipinski definition) is 3. The molecular weight excluding hydrogens is 372 g/mol. The lowest BCUT2D eigenvalue weighted by atomic mass is 9.64. The van der Waals surface area contributed by atoms with Crippen molar-refractivity contribution in [2.24, 2.45) is 22.7 Å². The van der Waals surface area contributed by atoms with E-state index in [-0.39, 0.29) is 34.6 Å². The van der Waals surface area contributed by atoms with Gasteiger partial charge in [-0.05, 0) is 54.4 Å². The number of ketones is 1. The number of carbonyl (C=O) groups is 2. The summed E-state index contributed by atoms with van der Waals surface area (Å²) < 4.78 is 6.31. The molecule has 0 unspecified atom stereocenters. The standard InChI is InChI=1S/C27H36O3/c1-18-11-12-21(25(3,4)20-9-7-6-8-10-20)22(15-18)30-24(29)27-16-19(2)26(5,17-27)14-13-23(27)28/h6-10,18,21-22H,2,11-17H2,1,3-5H3/t18-,21-,22-,26-,27+/m1/s1. The first kappa shape index (κ1) is 21.3. The highest BCUT2D eigenvalue weighted by Gasteiger charge is 2.61. The summed E-state index contributed by atoms with van der Waals surface area (Å²) in [5, 5.41) is 0. The van der Waals surface area contributed by atoms with Crippen LogP contribution in [0.4, 0.5) is 0 Å². The second kappa shape index (κ2) is 7.35. The Hall–Kier alpha value is -1.90. The molecule has 0 heterocycles. The molecule has 2 bridgehead atoms. The number of esters is 1. The number of fused-ring (bicyclic) bond motifs is 2. The smallest absolute Gasteiger partial charge is 0.320 e. The zero-order valence-corrected chi connectivity index (χ0v) is 19.0. The highest BCUT2D eigenvalue weighted by Crippen LogP contribution is 2.60. The van der Waals surface area contributed by atoms with E-state index in [9.17, 15) is 9.59 Å². The molecule has 1 aromatic rings. The molecule has 3 fully saturated rings. The predicted molar refractivity (Wildman–Crippen MR) is 119 cm³/mol. The van der Waals surface area contributed by atoms with E-state index in [2.05, 4.69) is 58.5 Å². The molecular formula is C27H36O3. The van der Waals surface area contributed by atoms with Crippen molar-refractivity contribution >= 4 is 11.8 Å². The molecule has 5 atom stereocenters. The molecule has 0 saturated heterocycles. The summed E-state index contributed by atoms with van der Waals surface area (Å²) in [4.78, 5) is 26.5. The van der Waals surface area contributed by atoms with E-state index < -0.39 is 5.41 Å². The van der Waals surface area contributed by atoms with Crippen LogP contribution in [0.25, 0.3) is 0 Å². The van der Waals surface area contributed by atoms with Gasteiger partial charge in [-0.1, -0.05) is 76.6 Å². The molecule has 3 aliphatic carbocycles. The first-order valence-corrected chi connectivity index (χ1v) is 11.6. The van der Waals surface area contributed by atoms with Crippen LogP contribution in [0.15, 0.2) is 42.5 Å². The molecule has 3 nitrogen and oxygen atoms in total. The number of carbonyl (C=O) groups excluding carboxylic acids is 2. The second-order valence-corrected chi connectivity index (χ2v) is 11.1. The molecule has 4 rings (SSSR count). The maximum atomic E-state index is 13.6. The van der Waals surface area contributed by atoms with Crippen LogP contribution in [0.3, 0.4) is 0 Å². The predicted octanol–water partition coefficient (Wildman–Crippen LogP) is 6.02. The summed E-state index contributed by atoms with van der Waals surface area (Å²) in [6.07, 6.45) is 5.21. The average molecular weight is 409 g/mol. The summed E-state index contributed by atoms with van der Waals surface area (Å²) in [7, 11) is 0. The van der Waals surface area contributed by atoms with Crippen LogP contribution in [0.2, 0.25) is 0 Å². The molecule has 1 aromatic carbocycles. The van der Waals surface area contributed by atoms with E-state index in [0.717, 1.165) is 31.3 Å². The van der Waals surface area contributed by atoms with Crippen molar-refractivity contribution in [1.82, 2.24) is 0 Å². The molecule has 162 valence electrons. The molecule has 0 radical (unpaired) electrons. The normalized spacial score (nSPS) is 36.6. The van der Waals surface area contributed by atoms with E-state index in [1.165, 1.54) is 5.56 Å². The van der Waals surface area contributed by atoms with Gasteiger partial charge in [0.15, 0.2) is 5.78 Å². The Morgan fingerprint density at radius 1 is 1.20 bits per heavy atom. The second-order valence-electron chi connectivity index (χ2n) is 11.1. The van der Waals surface area contributed by atoms with Gasteiger partial charge in [0.25, 0.3) is 0 Å².